The second kappa shape index (κ2) is 8.49. The van der Waals surface area contributed by atoms with E-state index in [9.17, 15) is 14.4 Å². The summed E-state index contributed by atoms with van der Waals surface area (Å²) in [7, 11) is 1.60. The van der Waals surface area contributed by atoms with Gasteiger partial charge in [-0.25, -0.2) is 0 Å². The van der Waals surface area contributed by atoms with E-state index in [0.29, 0.717) is 18.5 Å². The lowest BCUT2D eigenvalue weighted by atomic mass is 10.1. The first kappa shape index (κ1) is 18.6. The summed E-state index contributed by atoms with van der Waals surface area (Å²) in [6, 6.07) is 14.8. The lowest BCUT2D eigenvalue weighted by Crippen LogP contribution is -2.23. The number of anilines is 2. The molecule has 6 heteroatoms. The van der Waals surface area contributed by atoms with Gasteiger partial charge in [-0.1, -0.05) is 24.3 Å². The Bertz CT molecular complexity index is 829. The van der Waals surface area contributed by atoms with E-state index in [0.717, 1.165) is 29.8 Å². The molecule has 0 radical (unpaired) electrons. The van der Waals surface area contributed by atoms with Crippen LogP contribution >= 0.6 is 0 Å². The Morgan fingerprint density at radius 1 is 0.926 bits per heavy atom. The van der Waals surface area contributed by atoms with Crippen molar-refractivity contribution in [3.8, 4) is 0 Å². The standard InChI is InChI=1S/C21H23N3O3/c1-22-19(25)13-15-4-8-17(9-5-15)23-20(26)14-16-6-10-18(11-7-16)24-12-2-3-21(24)27/h4-11H,2-3,12-14H2,1H3,(H,22,25)(H,23,26). The molecule has 0 bridgehead atoms. The van der Waals surface area contributed by atoms with E-state index in [1.54, 1.807) is 24.1 Å². The minimum Gasteiger partial charge on any atom is -0.359 e. The van der Waals surface area contributed by atoms with E-state index < -0.39 is 0 Å². The fourth-order valence-electron chi connectivity index (χ4n) is 3.09. The lowest BCUT2D eigenvalue weighted by molar-refractivity contribution is -0.120. The molecule has 140 valence electrons. The highest BCUT2D eigenvalue weighted by molar-refractivity contribution is 5.95. The first-order chi connectivity index (χ1) is 13.0. The monoisotopic (exact) mass is 365 g/mol. The summed E-state index contributed by atoms with van der Waals surface area (Å²) in [6.07, 6.45) is 2.07. The summed E-state index contributed by atoms with van der Waals surface area (Å²) in [5.41, 5.74) is 3.35. The van der Waals surface area contributed by atoms with Crippen molar-refractivity contribution in [1.82, 2.24) is 5.32 Å². The van der Waals surface area contributed by atoms with E-state index in [-0.39, 0.29) is 24.1 Å². The zero-order valence-corrected chi connectivity index (χ0v) is 15.3. The van der Waals surface area contributed by atoms with E-state index in [1.165, 1.54) is 0 Å². The average molecular weight is 365 g/mol. The second-order valence-electron chi connectivity index (χ2n) is 6.59. The molecule has 0 atom stereocenters. The van der Waals surface area contributed by atoms with Crippen LogP contribution in [0.1, 0.15) is 24.0 Å². The maximum absolute atomic E-state index is 12.2. The zero-order chi connectivity index (χ0) is 19.2. The van der Waals surface area contributed by atoms with Gasteiger partial charge in [0.15, 0.2) is 0 Å². The Labute approximate surface area is 158 Å². The molecule has 2 N–H and O–H groups in total. The van der Waals surface area contributed by atoms with Crippen molar-refractivity contribution in [2.45, 2.75) is 25.7 Å². The molecule has 2 aromatic rings. The van der Waals surface area contributed by atoms with E-state index >= 15 is 0 Å². The van der Waals surface area contributed by atoms with Crippen molar-refractivity contribution in [3.63, 3.8) is 0 Å². The van der Waals surface area contributed by atoms with Crippen LogP contribution in [0.3, 0.4) is 0 Å². The molecular weight excluding hydrogens is 342 g/mol. The summed E-state index contributed by atoms with van der Waals surface area (Å²) in [4.78, 5) is 37.2. The van der Waals surface area contributed by atoms with Gasteiger partial charge < -0.3 is 15.5 Å². The SMILES string of the molecule is CNC(=O)Cc1ccc(NC(=O)Cc2ccc(N3CCCC3=O)cc2)cc1. The molecule has 0 spiro atoms. The van der Waals surface area contributed by atoms with Gasteiger partial charge >= 0.3 is 0 Å². The highest BCUT2D eigenvalue weighted by Gasteiger charge is 2.21. The van der Waals surface area contributed by atoms with Gasteiger partial charge in [-0.2, -0.15) is 0 Å². The number of rotatable bonds is 6. The Kier molecular flexibility index (Phi) is 5.86. The number of nitrogens with one attached hydrogen (secondary N) is 2. The van der Waals surface area contributed by atoms with Crippen LogP contribution in [0.25, 0.3) is 0 Å². The molecule has 3 amide bonds. The van der Waals surface area contributed by atoms with Crippen LogP contribution in [0.5, 0.6) is 0 Å². The topological polar surface area (TPSA) is 78.5 Å². The third-order valence-electron chi connectivity index (χ3n) is 4.57. The molecule has 1 aliphatic heterocycles. The molecule has 1 aliphatic rings. The van der Waals surface area contributed by atoms with Crippen LogP contribution in [0.15, 0.2) is 48.5 Å². The molecule has 27 heavy (non-hydrogen) atoms. The number of nitrogens with zero attached hydrogens (tertiary/aromatic N) is 1. The van der Waals surface area contributed by atoms with Crippen LogP contribution in [0, 0.1) is 0 Å². The van der Waals surface area contributed by atoms with E-state index in [1.807, 2.05) is 36.4 Å². The molecule has 1 fully saturated rings. The highest BCUT2D eigenvalue weighted by Crippen LogP contribution is 2.22. The predicted molar refractivity (Wildman–Crippen MR) is 105 cm³/mol. The van der Waals surface area contributed by atoms with E-state index in [2.05, 4.69) is 10.6 Å². The second-order valence-corrected chi connectivity index (χ2v) is 6.59. The summed E-state index contributed by atoms with van der Waals surface area (Å²) in [6.45, 7) is 0.759. The fourth-order valence-corrected chi connectivity index (χ4v) is 3.09. The first-order valence-electron chi connectivity index (χ1n) is 9.04. The molecule has 3 rings (SSSR count). The molecule has 1 heterocycles. The van der Waals surface area contributed by atoms with Crippen LogP contribution < -0.4 is 15.5 Å². The largest absolute Gasteiger partial charge is 0.359 e. The van der Waals surface area contributed by atoms with Crippen LogP contribution in [-0.4, -0.2) is 31.3 Å². The van der Waals surface area contributed by atoms with Crippen LogP contribution in [-0.2, 0) is 27.2 Å². The van der Waals surface area contributed by atoms with Gasteiger partial charge in [0.1, 0.15) is 0 Å². The molecule has 0 aromatic heterocycles. The number of carbonyl (C=O) groups excluding carboxylic acids is 3. The van der Waals surface area contributed by atoms with Gasteiger partial charge in [0.2, 0.25) is 17.7 Å². The summed E-state index contributed by atoms with van der Waals surface area (Å²) < 4.78 is 0. The smallest absolute Gasteiger partial charge is 0.228 e. The number of amides is 3. The minimum absolute atomic E-state index is 0.0501. The molecule has 0 saturated carbocycles. The van der Waals surface area contributed by atoms with Crippen molar-refractivity contribution in [2.24, 2.45) is 0 Å². The number of hydrogen-bond acceptors (Lipinski definition) is 3. The van der Waals surface area contributed by atoms with Crippen LogP contribution in [0.4, 0.5) is 11.4 Å². The Balaban J connectivity index is 1.54. The maximum atomic E-state index is 12.2. The third kappa shape index (κ3) is 4.94. The summed E-state index contributed by atoms with van der Waals surface area (Å²) >= 11 is 0. The van der Waals surface area contributed by atoms with E-state index in [4.69, 9.17) is 0 Å². The highest BCUT2D eigenvalue weighted by atomic mass is 16.2. The quantitative estimate of drug-likeness (QED) is 0.824. The van der Waals surface area contributed by atoms with Gasteiger partial charge in [0.25, 0.3) is 0 Å². The van der Waals surface area contributed by atoms with Crippen LogP contribution in [0.2, 0.25) is 0 Å². The van der Waals surface area contributed by atoms with Gasteiger partial charge in [0.05, 0.1) is 12.8 Å². The normalized spacial score (nSPS) is 13.5. The fraction of sp³-hybridized carbons (Fsp3) is 0.286. The first-order valence-corrected chi connectivity index (χ1v) is 9.04. The molecule has 2 aromatic carbocycles. The predicted octanol–water partition coefficient (Wildman–Crippen LogP) is 2.28. The van der Waals surface area contributed by atoms with Gasteiger partial charge in [-0.15, -0.1) is 0 Å². The summed E-state index contributed by atoms with van der Waals surface area (Å²) in [5.74, 6) is -0.00901. The van der Waals surface area contributed by atoms with Crippen molar-refractivity contribution >= 4 is 29.1 Å². The molecule has 1 saturated heterocycles. The minimum atomic E-state index is -0.112. The number of carbonyl (C=O) groups is 3. The number of likely N-dealkylation sites (N-methyl/N-ethyl adjacent to an activating group) is 1. The average Bonchev–Trinajstić information content (AvgIpc) is 3.10. The Morgan fingerprint density at radius 2 is 1.52 bits per heavy atom. The Hall–Kier alpha value is -3.15. The Morgan fingerprint density at radius 3 is 2.07 bits per heavy atom. The zero-order valence-electron chi connectivity index (χ0n) is 15.3. The van der Waals surface area contributed by atoms with Crippen molar-refractivity contribution in [2.75, 3.05) is 23.8 Å². The van der Waals surface area contributed by atoms with Gasteiger partial charge in [-0.3, -0.25) is 14.4 Å². The molecular formula is C21H23N3O3. The molecule has 6 nitrogen and oxygen atoms in total. The molecule has 0 unspecified atom stereocenters. The lowest BCUT2D eigenvalue weighted by Gasteiger charge is -2.15. The van der Waals surface area contributed by atoms with Crippen molar-refractivity contribution in [3.05, 3.63) is 59.7 Å². The molecule has 0 aliphatic carbocycles. The number of hydrogen-bond donors (Lipinski definition) is 2. The van der Waals surface area contributed by atoms with Gasteiger partial charge in [0, 0.05) is 31.4 Å². The van der Waals surface area contributed by atoms with Crippen molar-refractivity contribution < 1.29 is 14.4 Å². The third-order valence-corrected chi connectivity index (χ3v) is 4.57. The van der Waals surface area contributed by atoms with Gasteiger partial charge in [-0.05, 0) is 41.8 Å². The van der Waals surface area contributed by atoms with Crippen molar-refractivity contribution in [1.29, 1.82) is 0 Å². The number of benzene rings is 2. The maximum Gasteiger partial charge on any atom is 0.228 e. The summed E-state index contributed by atoms with van der Waals surface area (Å²) in [5, 5.41) is 5.44.